The summed E-state index contributed by atoms with van der Waals surface area (Å²) in [6, 6.07) is 10.4. The SMILES string of the molecule is O=C(O)C(Cc1ccc(F)c(F)c1)Cc1ccccc1Cl. The smallest absolute Gasteiger partial charge is 0.307 e. The maximum Gasteiger partial charge on any atom is 0.307 e. The van der Waals surface area contributed by atoms with Crippen molar-refractivity contribution in [1.29, 1.82) is 0 Å². The number of benzene rings is 2. The minimum Gasteiger partial charge on any atom is -0.481 e. The van der Waals surface area contributed by atoms with E-state index in [2.05, 4.69) is 0 Å². The number of aliphatic carboxylic acids is 1. The first-order valence-corrected chi connectivity index (χ1v) is 6.75. The zero-order chi connectivity index (χ0) is 15.4. The van der Waals surface area contributed by atoms with Gasteiger partial charge in [-0.05, 0) is 42.2 Å². The molecule has 2 aromatic rings. The van der Waals surface area contributed by atoms with E-state index in [0.29, 0.717) is 16.1 Å². The molecular weight excluding hydrogens is 298 g/mol. The highest BCUT2D eigenvalue weighted by molar-refractivity contribution is 6.31. The maximum atomic E-state index is 13.2. The molecule has 0 aromatic heterocycles. The van der Waals surface area contributed by atoms with Crippen LogP contribution in [0.2, 0.25) is 5.02 Å². The van der Waals surface area contributed by atoms with Gasteiger partial charge in [0.05, 0.1) is 5.92 Å². The summed E-state index contributed by atoms with van der Waals surface area (Å²) in [5.74, 6) is -3.68. The molecular formula is C16H13ClF2O2. The Bertz CT molecular complexity index is 658. The number of carbonyl (C=O) groups is 1. The highest BCUT2D eigenvalue weighted by atomic mass is 35.5. The van der Waals surface area contributed by atoms with Crippen LogP contribution in [0.3, 0.4) is 0 Å². The second-order valence-electron chi connectivity index (χ2n) is 4.78. The molecule has 1 N–H and O–H groups in total. The van der Waals surface area contributed by atoms with Crippen LogP contribution in [0.4, 0.5) is 8.78 Å². The van der Waals surface area contributed by atoms with Gasteiger partial charge in [-0.1, -0.05) is 35.9 Å². The van der Waals surface area contributed by atoms with Crippen molar-refractivity contribution in [3.8, 4) is 0 Å². The molecule has 2 aromatic carbocycles. The van der Waals surface area contributed by atoms with E-state index in [0.717, 1.165) is 12.1 Å². The summed E-state index contributed by atoms with van der Waals surface area (Å²) in [5.41, 5.74) is 1.16. The first-order valence-electron chi connectivity index (χ1n) is 6.37. The Kier molecular flexibility index (Phi) is 4.91. The monoisotopic (exact) mass is 310 g/mol. The van der Waals surface area contributed by atoms with E-state index in [1.54, 1.807) is 24.3 Å². The van der Waals surface area contributed by atoms with Crippen molar-refractivity contribution in [2.75, 3.05) is 0 Å². The number of hydrogen-bond acceptors (Lipinski definition) is 1. The molecule has 2 rings (SSSR count). The molecule has 0 heterocycles. The van der Waals surface area contributed by atoms with Gasteiger partial charge in [0.1, 0.15) is 0 Å². The summed E-state index contributed by atoms with van der Waals surface area (Å²) in [5, 5.41) is 9.79. The van der Waals surface area contributed by atoms with E-state index >= 15 is 0 Å². The summed E-state index contributed by atoms with van der Waals surface area (Å²) in [6.07, 6.45) is 0.339. The molecule has 0 saturated carbocycles. The van der Waals surface area contributed by atoms with Crippen LogP contribution in [-0.4, -0.2) is 11.1 Å². The lowest BCUT2D eigenvalue weighted by Crippen LogP contribution is -2.19. The van der Waals surface area contributed by atoms with Gasteiger partial charge in [-0.2, -0.15) is 0 Å². The van der Waals surface area contributed by atoms with E-state index in [-0.39, 0.29) is 12.8 Å². The molecule has 0 bridgehead atoms. The largest absolute Gasteiger partial charge is 0.481 e. The second kappa shape index (κ2) is 6.68. The summed E-state index contributed by atoms with van der Waals surface area (Å²) in [7, 11) is 0. The van der Waals surface area contributed by atoms with Gasteiger partial charge in [-0.3, -0.25) is 4.79 Å². The molecule has 5 heteroatoms. The van der Waals surface area contributed by atoms with Crippen molar-refractivity contribution in [2.24, 2.45) is 5.92 Å². The summed E-state index contributed by atoms with van der Waals surface area (Å²) >= 11 is 6.02. The van der Waals surface area contributed by atoms with Crippen LogP contribution < -0.4 is 0 Å². The minimum atomic E-state index is -1.00. The molecule has 1 unspecified atom stereocenters. The van der Waals surface area contributed by atoms with Gasteiger partial charge in [-0.25, -0.2) is 8.78 Å². The Morgan fingerprint density at radius 2 is 1.81 bits per heavy atom. The van der Waals surface area contributed by atoms with Crippen molar-refractivity contribution < 1.29 is 18.7 Å². The zero-order valence-electron chi connectivity index (χ0n) is 11.0. The Morgan fingerprint density at radius 1 is 1.10 bits per heavy atom. The number of rotatable bonds is 5. The molecule has 0 fully saturated rings. The highest BCUT2D eigenvalue weighted by Gasteiger charge is 2.20. The van der Waals surface area contributed by atoms with E-state index in [9.17, 15) is 18.7 Å². The lowest BCUT2D eigenvalue weighted by atomic mass is 9.92. The molecule has 0 amide bonds. The predicted octanol–water partition coefficient (Wildman–Crippen LogP) is 4.10. The normalized spacial score (nSPS) is 12.1. The van der Waals surface area contributed by atoms with E-state index in [4.69, 9.17) is 11.6 Å². The third kappa shape index (κ3) is 4.02. The third-order valence-corrected chi connectivity index (χ3v) is 3.61. The molecule has 0 saturated heterocycles. The number of carboxylic acids is 1. The predicted molar refractivity (Wildman–Crippen MR) is 76.3 cm³/mol. The summed E-state index contributed by atoms with van der Waals surface area (Å²) < 4.78 is 26.1. The summed E-state index contributed by atoms with van der Waals surface area (Å²) in [6.45, 7) is 0. The molecule has 0 aliphatic rings. The van der Waals surface area contributed by atoms with Crippen molar-refractivity contribution >= 4 is 17.6 Å². The zero-order valence-corrected chi connectivity index (χ0v) is 11.8. The number of halogens is 3. The van der Waals surface area contributed by atoms with Crippen LogP contribution in [0.15, 0.2) is 42.5 Å². The molecule has 0 aliphatic heterocycles. The first kappa shape index (κ1) is 15.4. The van der Waals surface area contributed by atoms with Crippen LogP contribution in [0.25, 0.3) is 0 Å². The minimum absolute atomic E-state index is 0.109. The first-order chi connectivity index (χ1) is 9.97. The molecule has 1 atom stereocenters. The Morgan fingerprint density at radius 3 is 2.43 bits per heavy atom. The van der Waals surface area contributed by atoms with Crippen molar-refractivity contribution in [1.82, 2.24) is 0 Å². The van der Waals surface area contributed by atoms with E-state index in [1.807, 2.05) is 0 Å². The van der Waals surface area contributed by atoms with Gasteiger partial charge in [0.25, 0.3) is 0 Å². The lowest BCUT2D eigenvalue weighted by Gasteiger charge is -2.13. The van der Waals surface area contributed by atoms with Gasteiger partial charge in [0.15, 0.2) is 11.6 Å². The number of carboxylic acid groups (broad SMARTS) is 1. The van der Waals surface area contributed by atoms with Crippen molar-refractivity contribution in [2.45, 2.75) is 12.8 Å². The standard InChI is InChI=1S/C16H13ClF2O2/c17-13-4-2-1-3-11(13)9-12(16(20)21)7-10-5-6-14(18)15(19)8-10/h1-6,8,12H,7,9H2,(H,20,21). The Hall–Kier alpha value is -1.94. The van der Waals surface area contributed by atoms with Crippen LogP contribution in [0, 0.1) is 17.6 Å². The number of hydrogen-bond donors (Lipinski definition) is 1. The third-order valence-electron chi connectivity index (χ3n) is 3.24. The topological polar surface area (TPSA) is 37.3 Å². The maximum absolute atomic E-state index is 13.2. The quantitative estimate of drug-likeness (QED) is 0.902. The highest BCUT2D eigenvalue weighted by Crippen LogP contribution is 2.22. The molecule has 110 valence electrons. The van der Waals surface area contributed by atoms with Crippen LogP contribution >= 0.6 is 11.6 Å². The summed E-state index contributed by atoms with van der Waals surface area (Å²) in [4.78, 5) is 11.4. The average Bonchev–Trinajstić information content (AvgIpc) is 2.44. The molecule has 0 radical (unpaired) electrons. The van der Waals surface area contributed by atoms with Gasteiger partial charge >= 0.3 is 5.97 Å². The fraction of sp³-hybridized carbons (Fsp3) is 0.188. The fourth-order valence-electron chi connectivity index (χ4n) is 2.13. The molecule has 0 aliphatic carbocycles. The molecule has 21 heavy (non-hydrogen) atoms. The average molecular weight is 311 g/mol. The fourth-order valence-corrected chi connectivity index (χ4v) is 2.34. The van der Waals surface area contributed by atoms with Gasteiger partial charge in [0.2, 0.25) is 0 Å². The second-order valence-corrected chi connectivity index (χ2v) is 5.19. The van der Waals surface area contributed by atoms with Crippen LogP contribution in [-0.2, 0) is 17.6 Å². The molecule has 2 nitrogen and oxygen atoms in total. The molecule has 0 spiro atoms. The van der Waals surface area contributed by atoms with Gasteiger partial charge < -0.3 is 5.11 Å². The van der Waals surface area contributed by atoms with Gasteiger partial charge in [0, 0.05) is 5.02 Å². The van der Waals surface area contributed by atoms with E-state index in [1.165, 1.54) is 6.07 Å². The Balaban J connectivity index is 2.18. The van der Waals surface area contributed by atoms with E-state index < -0.39 is 23.5 Å². The van der Waals surface area contributed by atoms with Gasteiger partial charge in [-0.15, -0.1) is 0 Å². The van der Waals surface area contributed by atoms with Crippen LogP contribution in [0.5, 0.6) is 0 Å². The Labute approximate surface area is 126 Å². The van der Waals surface area contributed by atoms with Crippen LogP contribution in [0.1, 0.15) is 11.1 Å². The lowest BCUT2D eigenvalue weighted by molar-refractivity contribution is -0.141. The van der Waals surface area contributed by atoms with Crippen molar-refractivity contribution in [3.63, 3.8) is 0 Å². The van der Waals surface area contributed by atoms with Crippen molar-refractivity contribution in [3.05, 3.63) is 70.2 Å².